The second kappa shape index (κ2) is 5.96. The summed E-state index contributed by atoms with van der Waals surface area (Å²) in [4.78, 5) is 16.9. The van der Waals surface area contributed by atoms with E-state index >= 15 is 0 Å². The van der Waals surface area contributed by atoms with Crippen LogP contribution < -0.4 is 0 Å². The second-order valence-electron chi connectivity index (χ2n) is 5.00. The molecule has 20 heavy (non-hydrogen) atoms. The van der Waals surface area contributed by atoms with E-state index < -0.39 is 5.97 Å². The zero-order chi connectivity index (χ0) is 14.7. The van der Waals surface area contributed by atoms with E-state index in [9.17, 15) is 9.18 Å². The molecule has 0 saturated heterocycles. The number of halogens is 1. The van der Waals surface area contributed by atoms with Gasteiger partial charge in [0.25, 0.3) is 0 Å². The molecule has 0 unspecified atom stereocenters. The lowest BCUT2D eigenvalue weighted by Crippen LogP contribution is -2.35. The molecule has 0 bridgehead atoms. The van der Waals surface area contributed by atoms with Crippen LogP contribution in [0, 0.1) is 5.82 Å². The molecule has 4 nitrogen and oxygen atoms in total. The number of fused-ring (bicyclic) bond motifs is 1. The summed E-state index contributed by atoms with van der Waals surface area (Å²) in [7, 11) is 0. The van der Waals surface area contributed by atoms with Crippen molar-refractivity contribution in [1.29, 1.82) is 0 Å². The number of rotatable bonds is 5. The second-order valence-corrected chi connectivity index (χ2v) is 5.00. The minimum Gasteiger partial charge on any atom is -0.480 e. The SMILES string of the molecule is CC(C)N(CC(=O)O)Cc1ccc(F)c2cccnc12. The summed E-state index contributed by atoms with van der Waals surface area (Å²) in [6.45, 7) is 4.24. The van der Waals surface area contributed by atoms with Gasteiger partial charge < -0.3 is 5.11 Å². The van der Waals surface area contributed by atoms with E-state index in [1.807, 2.05) is 18.7 Å². The number of hydrogen-bond acceptors (Lipinski definition) is 3. The third-order valence-electron chi connectivity index (χ3n) is 3.24. The molecule has 106 valence electrons. The number of carboxylic acids is 1. The van der Waals surface area contributed by atoms with Crippen molar-refractivity contribution < 1.29 is 14.3 Å². The number of pyridine rings is 1. The molecule has 0 aliphatic heterocycles. The van der Waals surface area contributed by atoms with E-state index in [-0.39, 0.29) is 18.4 Å². The molecule has 0 aliphatic carbocycles. The lowest BCUT2D eigenvalue weighted by molar-refractivity contribution is -0.138. The molecule has 1 heterocycles. The van der Waals surface area contributed by atoms with Crippen LogP contribution in [0.5, 0.6) is 0 Å². The Morgan fingerprint density at radius 1 is 1.40 bits per heavy atom. The summed E-state index contributed by atoms with van der Waals surface area (Å²) in [5.74, 6) is -1.19. The first-order valence-corrected chi connectivity index (χ1v) is 6.47. The van der Waals surface area contributed by atoms with E-state index in [0.717, 1.165) is 5.56 Å². The first kappa shape index (κ1) is 14.4. The van der Waals surface area contributed by atoms with Crippen molar-refractivity contribution in [3.8, 4) is 0 Å². The Kier molecular flexibility index (Phi) is 4.29. The number of carboxylic acid groups (broad SMARTS) is 1. The summed E-state index contributed by atoms with van der Waals surface area (Å²) >= 11 is 0. The molecule has 2 aromatic rings. The topological polar surface area (TPSA) is 53.4 Å². The fraction of sp³-hybridized carbons (Fsp3) is 0.333. The molecular weight excluding hydrogens is 259 g/mol. The summed E-state index contributed by atoms with van der Waals surface area (Å²) in [5, 5.41) is 9.41. The monoisotopic (exact) mass is 276 g/mol. The summed E-state index contributed by atoms with van der Waals surface area (Å²) in [5.41, 5.74) is 1.42. The smallest absolute Gasteiger partial charge is 0.317 e. The van der Waals surface area contributed by atoms with Gasteiger partial charge in [-0.15, -0.1) is 0 Å². The van der Waals surface area contributed by atoms with Gasteiger partial charge in [-0.05, 0) is 37.6 Å². The van der Waals surface area contributed by atoms with Gasteiger partial charge in [0.15, 0.2) is 0 Å². The van der Waals surface area contributed by atoms with E-state index in [2.05, 4.69) is 4.98 Å². The van der Waals surface area contributed by atoms with Gasteiger partial charge in [-0.1, -0.05) is 6.07 Å². The number of benzene rings is 1. The highest BCUT2D eigenvalue weighted by Gasteiger charge is 2.16. The minimum absolute atomic E-state index is 0.0522. The highest BCUT2D eigenvalue weighted by molar-refractivity contribution is 5.82. The first-order chi connectivity index (χ1) is 9.49. The quantitative estimate of drug-likeness (QED) is 0.912. The Morgan fingerprint density at radius 3 is 2.80 bits per heavy atom. The van der Waals surface area contributed by atoms with E-state index in [1.54, 1.807) is 24.4 Å². The predicted molar refractivity (Wildman–Crippen MR) is 74.9 cm³/mol. The standard InChI is InChI=1S/C15H17FN2O2/c1-10(2)18(9-14(19)20)8-11-5-6-13(16)12-4-3-7-17-15(11)12/h3-7,10H,8-9H2,1-2H3,(H,19,20). The molecule has 0 radical (unpaired) electrons. The molecule has 1 aromatic carbocycles. The van der Waals surface area contributed by atoms with Crippen LogP contribution in [0.15, 0.2) is 30.5 Å². The van der Waals surface area contributed by atoms with Gasteiger partial charge in [0.05, 0.1) is 12.1 Å². The molecular formula is C15H17FN2O2. The Balaban J connectivity index is 2.37. The van der Waals surface area contributed by atoms with Crippen molar-refractivity contribution >= 4 is 16.9 Å². The van der Waals surface area contributed by atoms with Gasteiger partial charge >= 0.3 is 5.97 Å². The number of aliphatic carboxylic acids is 1. The maximum Gasteiger partial charge on any atom is 0.317 e. The Bertz CT molecular complexity index is 628. The van der Waals surface area contributed by atoms with Crippen LogP contribution in [0.1, 0.15) is 19.4 Å². The van der Waals surface area contributed by atoms with Crippen LogP contribution >= 0.6 is 0 Å². The summed E-state index contributed by atoms with van der Waals surface area (Å²) < 4.78 is 13.7. The van der Waals surface area contributed by atoms with E-state index in [1.165, 1.54) is 6.07 Å². The molecule has 1 N–H and O–H groups in total. The Hall–Kier alpha value is -2.01. The van der Waals surface area contributed by atoms with Crippen molar-refractivity contribution in [3.05, 3.63) is 41.8 Å². The zero-order valence-electron chi connectivity index (χ0n) is 11.5. The van der Waals surface area contributed by atoms with E-state index in [0.29, 0.717) is 17.4 Å². The number of nitrogens with zero attached hydrogens (tertiary/aromatic N) is 2. The van der Waals surface area contributed by atoms with Crippen molar-refractivity contribution in [1.82, 2.24) is 9.88 Å². The van der Waals surface area contributed by atoms with Gasteiger partial charge in [-0.2, -0.15) is 0 Å². The molecule has 0 spiro atoms. The zero-order valence-corrected chi connectivity index (χ0v) is 11.5. The van der Waals surface area contributed by atoms with Gasteiger partial charge in [0.2, 0.25) is 0 Å². The first-order valence-electron chi connectivity index (χ1n) is 6.47. The average molecular weight is 276 g/mol. The maximum atomic E-state index is 13.7. The van der Waals surface area contributed by atoms with Crippen molar-refractivity contribution in [3.63, 3.8) is 0 Å². The predicted octanol–water partition coefficient (Wildman–Crippen LogP) is 2.67. The van der Waals surface area contributed by atoms with Crippen LogP contribution in [-0.2, 0) is 11.3 Å². The van der Waals surface area contributed by atoms with Crippen LogP contribution in [0.3, 0.4) is 0 Å². The highest BCUT2D eigenvalue weighted by Crippen LogP contribution is 2.21. The van der Waals surface area contributed by atoms with Crippen molar-refractivity contribution in [2.75, 3.05) is 6.54 Å². The van der Waals surface area contributed by atoms with Crippen LogP contribution in [0.4, 0.5) is 4.39 Å². The molecule has 0 aliphatic rings. The summed E-state index contributed by atoms with van der Waals surface area (Å²) in [6.07, 6.45) is 1.61. The van der Waals surface area contributed by atoms with Gasteiger partial charge in [-0.3, -0.25) is 14.7 Å². The molecule has 0 atom stereocenters. The third kappa shape index (κ3) is 3.11. The van der Waals surface area contributed by atoms with Crippen LogP contribution in [0.25, 0.3) is 10.9 Å². The lowest BCUT2D eigenvalue weighted by atomic mass is 10.1. The van der Waals surface area contributed by atoms with Crippen molar-refractivity contribution in [2.24, 2.45) is 0 Å². The van der Waals surface area contributed by atoms with Crippen LogP contribution in [0.2, 0.25) is 0 Å². The van der Waals surface area contributed by atoms with Gasteiger partial charge in [0, 0.05) is 24.2 Å². The molecule has 0 saturated carbocycles. The molecule has 1 aromatic heterocycles. The number of carbonyl (C=O) groups is 1. The number of aromatic nitrogens is 1. The largest absolute Gasteiger partial charge is 0.480 e. The lowest BCUT2D eigenvalue weighted by Gasteiger charge is -2.25. The third-order valence-corrected chi connectivity index (χ3v) is 3.24. The fourth-order valence-electron chi connectivity index (χ4n) is 2.14. The maximum absolute atomic E-state index is 13.7. The molecule has 0 amide bonds. The van der Waals surface area contributed by atoms with E-state index in [4.69, 9.17) is 5.11 Å². The molecule has 5 heteroatoms. The number of hydrogen-bond donors (Lipinski definition) is 1. The minimum atomic E-state index is -0.877. The summed E-state index contributed by atoms with van der Waals surface area (Å²) in [6, 6.07) is 6.51. The van der Waals surface area contributed by atoms with Gasteiger partial charge in [0.1, 0.15) is 5.82 Å². The Morgan fingerprint density at radius 2 is 2.15 bits per heavy atom. The molecule has 0 fully saturated rings. The normalized spacial score (nSPS) is 11.4. The van der Waals surface area contributed by atoms with Crippen LogP contribution in [-0.4, -0.2) is 33.5 Å². The fourth-order valence-corrected chi connectivity index (χ4v) is 2.14. The average Bonchev–Trinajstić information content (AvgIpc) is 2.40. The van der Waals surface area contributed by atoms with Crippen molar-refractivity contribution in [2.45, 2.75) is 26.4 Å². The highest BCUT2D eigenvalue weighted by atomic mass is 19.1. The molecule has 2 rings (SSSR count). The Labute approximate surface area is 116 Å². The van der Waals surface area contributed by atoms with Gasteiger partial charge in [-0.25, -0.2) is 4.39 Å².